The van der Waals surface area contributed by atoms with Crippen molar-refractivity contribution in [3.8, 4) is 5.69 Å². The van der Waals surface area contributed by atoms with E-state index in [4.69, 9.17) is 13.3 Å². The predicted octanol–water partition coefficient (Wildman–Crippen LogP) is 10.4. The molecule has 1 saturated heterocycles. The Bertz CT molecular complexity index is 1300. The summed E-state index contributed by atoms with van der Waals surface area (Å²) < 4.78 is 23.8. The second kappa shape index (κ2) is 16.8. The van der Waals surface area contributed by atoms with Crippen LogP contribution in [0.3, 0.4) is 0 Å². The fourth-order valence-electron chi connectivity index (χ4n) is 5.79. The summed E-state index contributed by atoms with van der Waals surface area (Å²) in [6, 6.07) is 8.56. The number of likely N-dealkylation sites (tertiary alicyclic amines) is 1. The summed E-state index contributed by atoms with van der Waals surface area (Å²) >= 11 is 0. The molecule has 2 heterocycles. The maximum atomic E-state index is 7.52. The van der Waals surface area contributed by atoms with E-state index in [2.05, 4.69) is 153 Å². The first-order valence-electron chi connectivity index (χ1n) is 19.3. The zero-order valence-electron chi connectivity index (χ0n) is 34.9. The van der Waals surface area contributed by atoms with Crippen molar-refractivity contribution >= 4 is 30.6 Å². The van der Waals surface area contributed by atoms with Crippen LogP contribution in [0, 0.1) is 5.92 Å². The van der Waals surface area contributed by atoms with Gasteiger partial charge in [0.15, 0.2) is 25.0 Å². The summed E-state index contributed by atoms with van der Waals surface area (Å²) in [6.07, 6.45) is 8.35. The van der Waals surface area contributed by atoms with Gasteiger partial charge in [0.1, 0.15) is 0 Å². The van der Waals surface area contributed by atoms with Crippen LogP contribution in [0.5, 0.6) is 0 Å². The summed E-state index contributed by atoms with van der Waals surface area (Å²) in [6.45, 7) is 41.7. The molecule has 1 aliphatic rings. The standard InChI is InChI=1S/C39H75N5O3Si3/c1-31-29-43(27-20-18-17-19-25-40-32-21-23-33(24-22-32)44-28-26-41-42-44)34(30-45-48(11,12)37(2,3)4)36(47-50(15,16)39(8,9)10)35(31)46-49(13,14)38(5,6)7/h21-24,26,28,31,34-36,40H,17-20,25,27,29-30H2,1-16H3/t31-,34+,35+,36+/m0/s1. The zero-order chi connectivity index (χ0) is 37.8. The molecular formula is C39H75N5O3Si3. The third-order valence-electron chi connectivity index (χ3n) is 12.4. The molecule has 2 aromatic rings. The lowest BCUT2D eigenvalue weighted by molar-refractivity contribution is -0.101. The van der Waals surface area contributed by atoms with Gasteiger partial charge in [0.05, 0.1) is 42.9 Å². The van der Waals surface area contributed by atoms with Crippen molar-refractivity contribution in [2.75, 3.05) is 31.6 Å². The highest BCUT2D eigenvalue weighted by Crippen LogP contribution is 2.44. The lowest BCUT2D eigenvalue weighted by Gasteiger charge is -2.54. The first-order chi connectivity index (χ1) is 22.9. The first kappa shape index (κ1) is 43.1. The second-order valence-electron chi connectivity index (χ2n) is 19.5. The van der Waals surface area contributed by atoms with E-state index in [0.29, 0.717) is 12.5 Å². The average molecular weight is 746 g/mol. The topological polar surface area (TPSA) is 73.7 Å². The SMILES string of the molecule is C[C@H]1CN(CCCCCCNc2ccc(-n3ccnn3)cc2)[C@H](CO[Si](C)(C)C(C)(C)C)[C@@H](O[Si](C)(C)C(C)(C)C)[C@@H]1O[Si](C)(C)C(C)(C)C. The lowest BCUT2D eigenvalue weighted by Crippen LogP contribution is -2.66. The Kier molecular flexibility index (Phi) is 14.4. The van der Waals surface area contributed by atoms with Crippen LogP contribution in [0.1, 0.15) is 94.9 Å². The minimum atomic E-state index is -2.12. The van der Waals surface area contributed by atoms with Crippen LogP contribution in [0.2, 0.25) is 54.4 Å². The molecule has 0 bridgehead atoms. The zero-order valence-corrected chi connectivity index (χ0v) is 37.9. The van der Waals surface area contributed by atoms with Gasteiger partial charge in [-0.05, 0) is 104 Å². The van der Waals surface area contributed by atoms with Gasteiger partial charge in [0.25, 0.3) is 0 Å². The van der Waals surface area contributed by atoms with Crippen LogP contribution < -0.4 is 5.32 Å². The summed E-state index contributed by atoms with van der Waals surface area (Å²) in [5.41, 5.74) is 2.16. The van der Waals surface area contributed by atoms with Gasteiger partial charge in [-0.3, -0.25) is 4.90 Å². The number of rotatable bonds is 16. The summed E-state index contributed by atoms with van der Waals surface area (Å²) in [4.78, 5) is 2.73. The number of piperidine rings is 1. The Hall–Kier alpha value is -1.35. The van der Waals surface area contributed by atoms with Crippen molar-refractivity contribution in [3.63, 3.8) is 0 Å². The molecule has 1 N–H and O–H groups in total. The van der Waals surface area contributed by atoms with E-state index in [9.17, 15) is 0 Å². The normalized spacial score (nSPS) is 21.8. The molecule has 0 saturated carbocycles. The highest BCUT2D eigenvalue weighted by Gasteiger charge is 2.52. The Morgan fingerprint density at radius 2 is 1.28 bits per heavy atom. The van der Waals surface area contributed by atoms with Gasteiger partial charge >= 0.3 is 0 Å². The Labute approximate surface area is 310 Å². The Morgan fingerprint density at radius 3 is 1.80 bits per heavy atom. The van der Waals surface area contributed by atoms with Gasteiger partial charge in [0.2, 0.25) is 0 Å². The maximum absolute atomic E-state index is 7.52. The van der Waals surface area contributed by atoms with Crippen LogP contribution in [0.15, 0.2) is 36.7 Å². The van der Waals surface area contributed by atoms with E-state index >= 15 is 0 Å². The molecule has 50 heavy (non-hydrogen) atoms. The minimum absolute atomic E-state index is 0.0151. The molecule has 1 aliphatic heterocycles. The van der Waals surface area contributed by atoms with Crippen LogP contribution in [-0.4, -0.2) is 89.3 Å². The third-order valence-corrected chi connectivity index (χ3v) is 25.9. The molecule has 0 amide bonds. The van der Waals surface area contributed by atoms with E-state index < -0.39 is 25.0 Å². The summed E-state index contributed by atoms with van der Waals surface area (Å²) in [7, 11) is -6.14. The highest BCUT2D eigenvalue weighted by molar-refractivity contribution is 6.75. The quantitative estimate of drug-likeness (QED) is 0.135. The van der Waals surface area contributed by atoms with E-state index in [1.165, 1.54) is 19.3 Å². The molecule has 11 heteroatoms. The molecule has 1 fully saturated rings. The van der Waals surface area contributed by atoms with Crippen LogP contribution in [0.4, 0.5) is 5.69 Å². The maximum Gasteiger partial charge on any atom is 0.192 e. The number of aromatic nitrogens is 3. The molecule has 0 aliphatic carbocycles. The number of hydrogen-bond donors (Lipinski definition) is 1. The molecule has 1 aromatic carbocycles. The summed E-state index contributed by atoms with van der Waals surface area (Å²) in [5.74, 6) is 0.378. The molecule has 4 atom stereocenters. The van der Waals surface area contributed by atoms with Crippen molar-refractivity contribution in [2.24, 2.45) is 5.92 Å². The van der Waals surface area contributed by atoms with E-state index in [1.807, 2.05) is 6.20 Å². The molecule has 8 nitrogen and oxygen atoms in total. The fraction of sp³-hybridized carbons (Fsp3) is 0.795. The van der Waals surface area contributed by atoms with Gasteiger partial charge < -0.3 is 18.6 Å². The van der Waals surface area contributed by atoms with Crippen molar-refractivity contribution in [2.45, 2.75) is 168 Å². The molecular weight excluding hydrogens is 671 g/mol. The van der Waals surface area contributed by atoms with Gasteiger partial charge in [-0.1, -0.05) is 87.3 Å². The van der Waals surface area contributed by atoms with Crippen LogP contribution in [-0.2, 0) is 13.3 Å². The van der Waals surface area contributed by atoms with E-state index in [-0.39, 0.29) is 33.4 Å². The molecule has 0 radical (unpaired) electrons. The van der Waals surface area contributed by atoms with Crippen molar-refractivity contribution in [1.82, 2.24) is 19.9 Å². The predicted molar refractivity (Wildman–Crippen MR) is 220 cm³/mol. The molecule has 286 valence electrons. The van der Waals surface area contributed by atoms with Crippen LogP contribution >= 0.6 is 0 Å². The highest BCUT2D eigenvalue weighted by atomic mass is 28.4. The van der Waals surface area contributed by atoms with Crippen LogP contribution in [0.25, 0.3) is 5.69 Å². The van der Waals surface area contributed by atoms with Crippen molar-refractivity contribution < 1.29 is 13.3 Å². The van der Waals surface area contributed by atoms with Crippen molar-refractivity contribution in [1.29, 1.82) is 0 Å². The largest absolute Gasteiger partial charge is 0.415 e. The van der Waals surface area contributed by atoms with E-state index in [1.54, 1.807) is 10.9 Å². The average Bonchev–Trinajstić information content (AvgIpc) is 3.52. The Morgan fingerprint density at radius 1 is 0.740 bits per heavy atom. The van der Waals surface area contributed by atoms with Gasteiger partial charge in [-0.25, -0.2) is 4.68 Å². The van der Waals surface area contributed by atoms with Gasteiger partial charge in [-0.15, -0.1) is 5.10 Å². The number of benzene rings is 1. The van der Waals surface area contributed by atoms with E-state index in [0.717, 1.165) is 37.4 Å². The number of unbranched alkanes of at least 4 members (excludes halogenated alkanes) is 3. The number of hydrogen-bond acceptors (Lipinski definition) is 7. The monoisotopic (exact) mass is 746 g/mol. The number of nitrogens with one attached hydrogen (secondary N) is 1. The second-order valence-corrected chi connectivity index (χ2v) is 33.9. The summed E-state index contributed by atoms with van der Waals surface area (Å²) in [5, 5.41) is 12.0. The minimum Gasteiger partial charge on any atom is -0.415 e. The Balaban J connectivity index is 1.73. The molecule has 1 aromatic heterocycles. The smallest absolute Gasteiger partial charge is 0.192 e. The molecule has 0 unspecified atom stereocenters. The van der Waals surface area contributed by atoms with Crippen molar-refractivity contribution in [3.05, 3.63) is 36.7 Å². The van der Waals surface area contributed by atoms with Gasteiger partial charge in [0, 0.05) is 18.8 Å². The third kappa shape index (κ3) is 11.3. The molecule has 0 spiro atoms. The number of nitrogens with zero attached hydrogens (tertiary/aromatic N) is 4. The van der Waals surface area contributed by atoms with Gasteiger partial charge in [-0.2, -0.15) is 0 Å². The first-order valence-corrected chi connectivity index (χ1v) is 28.0. The number of anilines is 1. The molecule has 3 rings (SSSR count). The fourth-order valence-corrected chi connectivity index (χ4v) is 9.54. The lowest BCUT2D eigenvalue weighted by atomic mass is 9.88.